The average Bonchev–Trinajstić information content (AvgIpc) is 3.06. The molecule has 5 rings (SSSR count). The second kappa shape index (κ2) is 9.15. The molecule has 0 spiro atoms. The first-order valence-electron chi connectivity index (χ1n) is 11.3. The van der Waals surface area contributed by atoms with E-state index in [-0.39, 0.29) is 5.69 Å². The SMILES string of the molecule is COc1ccc2c(c1)C=C(C=O)Cn1c-2c(C2CCCCC2)c2ccc(C(=O)NS(N)=O)nc21. The minimum absolute atomic E-state index is 0.123. The Morgan fingerprint density at radius 1 is 1.24 bits per heavy atom. The topological polar surface area (TPSA) is 116 Å². The molecule has 9 heteroatoms. The summed E-state index contributed by atoms with van der Waals surface area (Å²) in [4.78, 5) is 29.1. The van der Waals surface area contributed by atoms with Crippen LogP contribution >= 0.6 is 0 Å². The lowest BCUT2D eigenvalue weighted by molar-refractivity contribution is -0.105. The number of hydrogen-bond acceptors (Lipinski definition) is 5. The lowest BCUT2D eigenvalue weighted by atomic mass is 9.81. The largest absolute Gasteiger partial charge is 0.497 e. The van der Waals surface area contributed by atoms with E-state index in [1.165, 1.54) is 24.8 Å². The quantitative estimate of drug-likeness (QED) is 0.543. The standard InChI is InChI=1S/C25H26N4O4S/c1-33-18-7-8-19-17(12-18)11-15(14-30)13-29-23(19)22(16-5-3-2-4-6-16)20-9-10-21(27-24(20)29)25(31)28-34(26)32/h7-12,14,16H,2-6,13,26H2,1H3,(H,28,31). The fraction of sp³-hybridized carbons (Fsp3) is 0.320. The molecule has 1 fully saturated rings. The Labute approximate surface area is 199 Å². The van der Waals surface area contributed by atoms with Gasteiger partial charge in [-0.1, -0.05) is 19.3 Å². The van der Waals surface area contributed by atoms with Crippen molar-refractivity contribution in [1.29, 1.82) is 0 Å². The maximum absolute atomic E-state index is 12.5. The molecule has 176 valence electrons. The molecule has 1 unspecified atom stereocenters. The molecule has 3 N–H and O–H groups in total. The Bertz CT molecular complexity index is 1350. The second-order valence-electron chi connectivity index (χ2n) is 8.77. The monoisotopic (exact) mass is 478 g/mol. The summed E-state index contributed by atoms with van der Waals surface area (Å²) >= 11 is -1.99. The van der Waals surface area contributed by atoms with E-state index in [1.807, 2.05) is 34.9 Å². The third-order valence-electron chi connectivity index (χ3n) is 6.73. The average molecular weight is 479 g/mol. The number of fused-ring (bicyclic) bond motifs is 5. The zero-order valence-electron chi connectivity index (χ0n) is 18.9. The van der Waals surface area contributed by atoms with Gasteiger partial charge in [0.05, 0.1) is 19.3 Å². The summed E-state index contributed by atoms with van der Waals surface area (Å²) < 4.78 is 21.0. The van der Waals surface area contributed by atoms with E-state index in [4.69, 9.17) is 9.88 Å². The molecule has 0 saturated heterocycles. The smallest absolute Gasteiger partial charge is 0.282 e. The van der Waals surface area contributed by atoms with Crippen LogP contribution in [0.25, 0.3) is 28.4 Å². The third-order valence-corrected chi connectivity index (χ3v) is 7.12. The molecule has 0 bridgehead atoms. The molecule has 3 aromatic rings. The molecular formula is C25H26N4O4S. The highest BCUT2D eigenvalue weighted by atomic mass is 32.2. The number of hydrogen-bond donors (Lipinski definition) is 2. The minimum Gasteiger partial charge on any atom is -0.497 e. The van der Waals surface area contributed by atoms with Gasteiger partial charge in [0, 0.05) is 16.5 Å². The molecule has 1 atom stereocenters. The van der Waals surface area contributed by atoms with Crippen molar-refractivity contribution in [3.05, 3.63) is 52.7 Å². The van der Waals surface area contributed by atoms with Crippen molar-refractivity contribution in [3.63, 3.8) is 0 Å². The Kier molecular flexibility index (Phi) is 6.05. The highest BCUT2D eigenvalue weighted by Gasteiger charge is 2.30. The van der Waals surface area contributed by atoms with Gasteiger partial charge in [0.15, 0.2) is 11.2 Å². The second-order valence-corrected chi connectivity index (χ2v) is 9.57. The first-order valence-corrected chi connectivity index (χ1v) is 12.6. The van der Waals surface area contributed by atoms with E-state index >= 15 is 0 Å². The Hall–Kier alpha value is -3.30. The van der Waals surface area contributed by atoms with Crippen LogP contribution in [0.5, 0.6) is 5.75 Å². The van der Waals surface area contributed by atoms with Crippen LogP contribution in [0, 0.1) is 0 Å². The van der Waals surface area contributed by atoms with Gasteiger partial charge in [-0.25, -0.2) is 14.3 Å². The van der Waals surface area contributed by atoms with Gasteiger partial charge in [0.25, 0.3) is 5.91 Å². The van der Waals surface area contributed by atoms with Crippen LogP contribution in [0.1, 0.15) is 59.6 Å². The third kappa shape index (κ3) is 3.95. The van der Waals surface area contributed by atoms with Crippen molar-refractivity contribution in [1.82, 2.24) is 14.3 Å². The van der Waals surface area contributed by atoms with E-state index in [1.54, 1.807) is 13.2 Å². The molecular weight excluding hydrogens is 452 g/mol. The summed E-state index contributed by atoms with van der Waals surface area (Å²) in [6.07, 6.45) is 8.48. The van der Waals surface area contributed by atoms with Crippen LogP contribution in [-0.4, -0.2) is 33.1 Å². The van der Waals surface area contributed by atoms with Gasteiger partial charge in [0.2, 0.25) is 0 Å². The van der Waals surface area contributed by atoms with Crippen molar-refractivity contribution in [2.45, 2.75) is 44.6 Å². The van der Waals surface area contributed by atoms with Gasteiger partial charge in [-0.3, -0.25) is 14.3 Å². The van der Waals surface area contributed by atoms with Crippen molar-refractivity contribution in [3.8, 4) is 17.0 Å². The number of pyridine rings is 1. The van der Waals surface area contributed by atoms with Gasteiger partial charge in [-0.15, -0.1) is 0 Å². The van der Waals surface area contributed by atoms with Gasteiger partial charge in [-0.2, -0.15) is 0 Å². The maximum Gasteiger partial charge on any atom is 0.282 e. The lowest BCUT2D eigenvalue weighted by Gasteiger charge is -2.23. The van der Waals surface area contributed by atoms with E-state index < -0.39 is 17.1 Å². The molecule has 2 aromatic heterocycles. The minimum atomic E-state index is -1.99. The molecule has 1 aliphatic heterocycles. The normalized spacial score (nSPS) is 16.7. The van der Waals surface area contributed by atoms with Crippen LogP contribution in [0.2, 0.25) is 0 Å². The number of allylic oxidation sites excluding steroid dienone is 1. The van der Waals surface area contributed by atoms with Crippen molar-refractivity contribution in [2.75, 3.05) is 7.11 Å². The predicted molar refractivity (Wildman–Crippen MR) is 131 cm³/mol. The van der Waals surface area contributed by atoms with Crippen LogP contribution in [0.3, 0.4) is 0 Å². The number of carbonyl (C=O) groups is 2. The van der Waals surface area contributed by atoms with Crippen LogP contribution in [0.15, 0.2) is 35.9 Å². The van der Waals surface area contributed by atoms with Gasteiger partial charge >= 0.3 is 0 Å². The maximum atomic E-state index is 12.5. The summed E-state index contributed by atoms with van der Waals surface area (Å²) in [6.45, 7) is 0.333. The molecule has 8 nitrogen and oxygen atoms in total. The Morgan fingerprint density at radius 2 is 2.03 bits per heavy atom. The highest BCUT2D eigenvalue weighted by molar-refractivity contribution is 7.81. The number of amides is 1. The molecule has 3 heterocycles. The summed E-state index contributed by atoms with van der Waals surface area (Å²) in [6, 6.07) is 9.45. The number of aromatic nitrogens is 2. The molecule has 1 aromatic carbocycles. The van der Waals surface area contributed by atoms with E-state index in [0.29, 0.717) is 23.7 Å². The zero-order chi connectivity index (χ0) is 23.8. The number of aldehydes is 1. The van der Waals surface area contributed by atoms with Crippen LogP contribution in [-0.2, 0) is 22.5 Å². The number of benzene rings is 1. The first kappa shape index (κ1) is 22.5. The summed E-state index contributed by atoms with van der Waals surface area (Å²) in [5, 5.41) is 6.21. The van der Waals surface area contributed by atoms with E-state index in [0.717, 1.165) is 47.1 Å². The van der Waals surface area contributed by atoms with Crippen molar-refractivity contribution >= 4 is 40.5 Å². The number of nitrogens with zero attached hydrogens (tertiary/aromatic N) is 2. The summed E-state index contributed by atoms with van der Waals surface area (Å²) in [5.74, 6) is 0.469. The fourth-order valence-corrected chi connectivity index (χ4v) is 5.55. The molecule has 1 aliphatic carbocycles. The van der Waals surface area contributed by atoms with Crippen molar-refractivity contribution < 1.29 is 18.5 Å². The van der Waals surface area contributed by atoms with E-state index in [2.05, 4.69) is 9.71 Å². The van der Waals surface area contributed by atoms with Crippen molar-refractivity contribution in [2.24, 2.45) is 5.14 Å². The highest BCUT2D eigenvalue weighted by Crippen LogP contribution is 2.46. The lowest BCUT2D eigenvalue weighted by Crippen LogP contribution is -2.31. The number of nitrogens with two attached hydrogens (primary N) is 1. The number of ether oxygens (including phenoxy) is 1. The molecule has 1 saturated carbocycles. The van der Waals surface area contributed by atoms with Crippen LogP contribution in [0.4, 0.5) is 0 Å². The zero-order valence-corrected chi connectivity index (χ0v) is 19.7. The number of rotatable bonds is 5. The number of methoxy groups -OCH3 is 1. The van der Waals surface area contributed by atoms with E-state index in [9.17, 15) is 13.8 Å². The van der Waals surface area contributed by atoms with Gasteiger partial charge in [0.1, 0.15) is 23.4 Å². The van der Waals surface area contributed by atoms with Crippen LogP contribution < -0.4 is 14.6 Å². The summed E-state index contributed by atoms with van der Waals surface area (Å²) in [5.41, 5.74) is 5.51. The summed E-state index contributed by atoms with van der Waals surface area (Å²) in [7, 11) is 1.62. The molecule has 2 aliphatic rings. The Morgan fingerprint density at radius 3 is 2.74 bits per heavy atom. The first-order chi connectivity index (χ1) is 16.5. The molecule has 34 heavy (non-hydrogen) atoms. The molecule has 0 radical (unpaired) electrons. The number of carbonyl (C=O) groups excluding carboxylic acids is 2. The molecule has 1 amide bonds. The van der Waals surface area contributed by atoms with Gasteiger partial charge < -0.3 is 9.30 Å². The fourth-order valence-electron chi connectivity index (χ4n) is 5.26. The Balaban J connectivity index is 1.80. The predicted octanol–water partition coefficient (Wildman–Crippen LogP) is 3.62. The van der Waals surface area contributed by atoms with Gasteiger partial charge in [-0.05, 0) is 66.3 Å². The number of nitrogens with one attached hydrogen (secondary N) is 1.